The molecule has 172 valence electrons. The summed E-state index contributed by atoms with van der Waals surface area (Å²) in [6, 6.07) is 27.8. The van der Waals surface area contributed by atoms with Gasteiger partial charge in [0.15, 0.2) is 5.09 Å². The molecule has 0 aliphatic carbocycles. The molecule has 2 heterocycles. The minimum Gasteiger partial charge on any atom is -0.450 e. The van der Waals surface area contributed by atoms with E-state index >= 15 is 0 Å². The highest BCUT2D eigenvalue weighted by atomic mass is 32.2. The zero-order valence-electron chi connectivity index (χ0n) is 18.8. The molecule has 4 aromatic rings. The Hall–Kier alpha value is -4.36. The van der Waals surface area contributed by atoms with Crippen molar-refractivity contribution < 1.29 is 18.8 Å². The Kier molecular flexibility index (Phi) is 6.08. The zero-order chi connectivity index (χ0) is 24.4. The van der Waals surface area contributed by atoms with E-state index in [2.05, 4.69) is 0 Å². The molecule has 0 unspecified atom stereocenters. The Balaban J connectivity index is 1.52. The molecule has 0 spiro atoms. The van der Waals surface area contributed by atoms with Gasteiger partial charge in [0.25, 0.3) is 11.8 Å². The number of para-hydroxylation sites is 2. The van der Waals surface area contributed by atoms with E-state index in [1.165, 1.54) is 17.8 Å². The first-order chi connectivity index (χ1) is 17.0. The van der Waals surface area contributed by atoms with Crippen LogP contribution in [0.4, 0.5) is 16.2 Å². The van der Waals surface area contributed by atoms with Crippen molar-refractivity contribution in [3.05, 3.63) is 114 Å². The number of amides is 4. The highest BCUT2D eigenvalue weighted by Gasteiger charge is 2.43. The number of aryl methyl sites for hydroxylation is 1. The van der Waals surface area contributed by atoms with E-state index in [1.54, 1.807) is 72.8 Å². The van der Waals surface area contributed by atoms with Gasteiger partial charge in [0.05, 0.1) is 11.4 Å². The first-order valence-electron chi connectivity index (χ1n) is 10.9. The van der Waals surface area contributed by atoms with Crippen LogP contribution in [-0.4, -0.2) is 17.8 Å². The van der Waals surface area contributed by atoms with Crippen molar-refractivity contribution in [2.75, 3.05) is 9.80 Å². The second-order valence-corrected chi connectivity index (χ2v) is 8.94. The van der Waals surface area contributed by atoms with Crippen molar-refractivity contribution in [3.63, 3.8) is 0 Å². The van der Waals surface area contributed by atoms with E-state index in [1.807, 2.05) is 31.2 Å². The van der Waals surface area contributed by atoms with Gasteiger partial charge in [-0.3, -0.25) is 9.59 Å². The average Bonchev–Trinajstić information content (AvgIpc) is 3.31. The summed E-state index contributed by atoms with van der Waals surface area (Å²) in [4.78, 5) is 43.1. The minimum atomic E-state index is -0.732. The van der Waals surface area contributed by atoms with E-state index in [-0.39, 0.29) is 5.57 Å². The monoisotopic (exact) mass is 480 g/mol. The summed E-state index contributed by atoms with van der Waals surface area (Å²) in [6.45, 7) is 2.02. The topological polar surface area (TPSA) is 70.8 Å². The van der Waals surface area contributed by atoms with Crippen LogP contribution in [0.2, 0.25) is 0 Å². The van der Waals surface area contributed by atoms with Crippen LogP contribution >= 0.6 is 11.8 Å². The maximum atomic E-state index is 13.4. The lowest BCUT2D eigenvalue weighted by molar-refractivity contribution is -0.121. The zero-order valence-corrected chi connectivity index (χ0v) is 19.6. The standard InChI is InChI=1S/C28H20N2O4S/c1-19-12-15-23(16-13-19)35-25-17-14-22(34-25)18-24-26(31)29(20-8-4-2-5-9-20)28(33)30(27(24)32)21-10-6-3-7-11-21/h2-18H,1H3. The van der Waals surface area contributed by atoms with Crippen LogP contribution in [0.25, 0.3) is 6.08 Å². The van der Waals surface area contributed by atoms with Gasteiger partial charge in [-0.15, -0.1) is 0 Å². The van der Waals surface area contributed by atoms with Gasteiger partial charge in [-0.2, -0.15) is 0 Å². The first-order valence-corrected chi connectivity index (χ1v) is 11.7. The third-order valence-corrected chi connectivity index (χ3v) is 6.33. The summed E-state index contributed by atoms with van der Waals surface area (Å²) in [5, 5.41) is 0.618. The number of hydrogen-bond donors (Lipinski definition) is 0. The van der Waals surface area contributed by atoms with Crippen molar-refractivity contribution in [1.82, 2.24) is 0 Å². The summed E-state index contributed by atoms with van der Waals surface area (Å²) in [5.74, 6) is -1.07. The molecule has 3 aromatic carbocycles. The van der Waals surface area contributed by atoms with E-state index in [0.29, 0.717) is 22.2 Å². The van der Waals surface area contributed by atoms with Gasteiger partial charge in [0, 0.05) is 4.90 Å². The van der Waals surface area contributed by atoms with Crippen molar-refractivity contribution in [2.24, 2.45) is 0 Å². The fourth-order valence-corrected chi connectivity index (χ4v) is 4.45. The number of nitrogens with zero attached hydrogens (tertiary/aromatic N) is 2. The van der Waals surface area contributed by atoms with Crippen molar-refractivity contribution in [2.45, 2.75) is 16.9 Å². The quantitative estimate of drug-likeness (QED) is 0.247. The van der Waals surface area contributed by atoms with Crippen LogP contribution in [0.5, 0.6) is 0 Å². The fraction of sp³-hybridized carbons (Fsp3) is 0.0357. The number of barbiturate groups is 1. The molecule has 0 saturated carbocycles. The second-order valence-electron chi connectivity index (χ2n) is 7.86. The van der Waals surface area contributed by atoms with Gasteiger partial charge in [-0.25, -0.2) is 14.6 Å². The third-order valence-electron chi connectivity index (χ3n) is 5.41. The number of anilines is 2. The summed E-state index contributed by atoms with van der Waals surface area (Å²) in [6.07, 6.45) is 1.39. The van der Waals surface area contributed by atoms with Crippen LogP contribution < -0.4 is 9.80 Å². The SMILES string of the molecule is Cc1ccc(Sc2ccc(C=C3C(=O)N(c4ccccc4)C(=O)N(c4ccccc4)C3=O)o2)cc1. The van der Waals surface area contributed by atoms with Gasteiger partial charge >= 0.3 is 6.03 Å². The van der Waals surface area contributed by atoms with Gasteiger partial charge in [0.1, 0.15) is 11.3 Å². The Bertz CT molecular complexity index is 1360. The van der Waals surface area contributed by atoms with Crippen molar-refractivity contribution in [1.29, 1.82) is 0 Å². The molecule has 1 aliphatic rings. The Morgan fingerprint density at radius 1 is 0.686 bits per heavy atom. The van der Waals surface area contributed by atoms with Gasteiger partial charge in [0.2, 0.25) is 0 Å². The fourth-order valence-electron chi connectivity index (χ4n) is 3.67. The van der Waals surface area contributed by atoms with E-state index in [9.17, 15) is 14.4 Å². The minimum absolute atomic E-state index is 0.168. The molecule has 1 saturated heterocycles. The van der Waals surface area contributed by atoms with Crippen LogP contribution in [-0.2, 0) is 9.59 Å². The van der Waals surface area contributed by atoms with Crippen molar-refractivity contribution >= 4 is 47.1 Å². The molecule has 35 heavy (non-hydrogen) atoms. The molecule has 6 nitrogen and oxygen atoms in total. The Morgan fingerprint density at radius 3 is 1.77 bits per heavy atom. The second kappa shape index (κ2) is 9.48. The maximum Gasteiger partial charge on any atom is 0.343 e. The number of carbonyl (C=O) groups excluding carboxylic acids is 3. The van der Waals surface area contributed by atoms with E-state index in [0.717, 1.165) is 20.3 Å². The highest BCUT2D eigenvalue weighted by molar-refractivity contribution is 7.99. The molecule has 0 atom stereocenters. The molecule has 5 rings (SSSR count). The van der Waals surface area contributed by atoms with Crippen LogP contribution in [0.3, 0.4) is 0 Å². The number of imide groups is 2. The smallest absolute Gasteiger partial charge is 0.343 e. The Labute approximate surface area is 206 Å². The van der Waals surface area contributed by atoms with Crippen LogP contribution in [0, 0.1) is 6.92 Å². The molecule has 0 N–H and O–H groups in total. The largest absolute Gasteiger partial charge is 0.450 e. The van der Waals surface area contributed by atoms with Crippen molar-refractivity contribution in [3.8, 4) is 0 Å². The third kappa shape index (κ3) is 4.54. The molecule has 4 amide bonds. The molecule has 0 bridgehead atoms. The van der Waals surface area contributed by atoms with E-state index < -0.39 is 17.8 Å². The summed E-state index contributed by atoms with van der Waals surface area (Å²) in [7, 11) is 0. The van der Waals surface area contributed by atoms with Crippen LogP contribution in [0.15, 0.2) is 117 Å². The lowest BCUT2D eigenvalue weighted by Crippen LogP contribution is -2.57. The summed E-state index contributed by atoms with van der Waals surface area (Å²) < 4.78 is 5.89. The molecular weight excluding hydrogens is 460 g/mol. The predicted octanol–water partition coefficient (Wildman–Crippen LogP) is 6.32. The van der Waals surface area contributed by atoms with E-state index in [4.69, 9.17) is 4.42 Å². The predicted molar refractivity (Wildman–Crippen MR) is 135 cm³/mol. The Morgan fingerprint density at radius 2 is 1.23 bits per heavy atom. The average molecular weight is 481 g/mol. The molecule has 1 aromatic heterocycles. The number of furan rings is 1. The first kappa shape index (κ1) is 22.4. The maximum absolute atomic E-state index is 13.4. The molecule has 0 radical (unpaired) electrons. The van der Waals surface area contributed by atoms with Gasteiger partial charge < -0.3 is 4.42 Å². The normalized spacial score (nSPS) is 14.0. The highest BCUT2D eigenvalue weighted by Crippen LogP contribution is 2.32. The molecule has 1 fully saturated rings. The molecular formula is C28H20N2O4S. The summed E-state index contributed by atoms with van der Waals surface area (Å²) >= 11 is 1.44. The van der Waals surface area contributed by atoms with Gasteiger partial charge in [-0.1, -0.05) is 65.9 Å². The number of hydrogen-bond acceptors (Lipinski definition) is 5. The lowest BCUT2D eigenvalue weighted by Gasteiger charge is -2.33. The number of urea groups is 1. The summed E-state index contributed by atoms with van der Waals surface area (Å²) in [5.41, 5.74) is 1.74. The number of carbonyl (C=O) groups is 3. The lowest BCUT2D eigenvalue weighted by atomic mass is 10.1. The molecule has 7 heteroatoms. The number of benzene rings is 3. The van der Waals surface area contributed by atoms with Crippen LogP contribution in [0.1, 0.15) is 11.3 Å². The molecule has 1 aliphatic heterocycles. The number of rotatable bonds is 5. The van der Waals surface area contributed by atoms with Gasteiger partial charge in [-0.05, 0) is 61.5 Å².